The molecule has 0 radical (unpaired) electrons. The molecule has 2 aliphatic rings. The minimum absolute atomic E-state index is 0.155. The van der Waals surface area contributed by atoms with Crippen molar-refractivity contribution in [1.82, 2.24) is 0 Å². The molecule has 2 aromatic rings. The molecule has 4 rings (SSSR count). The Labute approximate surface area is 155 Å². The zero-order chi connectivity index (χ0) is 17.2. The molecule has 0 bridgehead atoms. The Balaban J connectivity index is 1.40. The van der Waals surface area contributed by atoms with E-state index in [1.807, 2.05) is 24.3 Å². The van der Waals surface area contributed by atoms with E-state index in [1.54, 1.807) is 28.7 Å². The Hall–Kier alpha value is -1.90. The molecule has 8 heteroatoms. The van der Waals surface area contributed by atoms with Gasteiger partial charge in [0.25, 0.3) is 5.23 Å². The Bertz CT molecular complexity index is 890. The highest BCUT2D eigenvalue weighted by Crippen LogP contribution is 2.53. The van der Waals surface area contributed by atoms with E-state index in [4.69, 9.17) is 9.47 Å². The molecule has 2 heterocycles. The second kappa shape index (κ2) is 7.15. The van der Waals surface area contributed by atoms with Gasteiger partial charge in [0, 0.05) is 16.5 Å². The molecule has 0 saturated carbocycles. The van der Waals surface area contributed by atoms with Crippen LogP contribution in [0.3, 0.4) is 0 Å². The van der Waals surface area contributed by atoms with Gasteiger partial charge in [0.15, 0.2) is 5.17 Å². The summed E-state index contributed by atoms with van der Waals surface area (Å²) in [5, 5.41) is 5.66. The third-order valence-corrected chi connectivity index (χ3v) is 8.78. The summed E-state index contributed by atoms with van der Waals surface area (Å²) in [4.78, 5) is 9.08. The first-order valence-electron chi connectivity index (χ1n) is 7.50. The van der Waals surface area contributed by atoms with Crippen LogP contribution in [-0.2, 0) is 0 Å². The van der Waals surface area contributed by atoms with Crippen molar-refractivity contribution in [3.8, 4) is 11.5 Å². The first-order chi connectivity index (χ1) is 12.2. The van der Waals surface area contributed by atoms with Crippen LogP contribution < -0.4 is 14.8 Å². The molecule has 5 nitrogen and oxygen atoms in total. The van der Waals surface area contributed by atoms with Crippen LogP contribution in [0.4, 0.5) is 5.69 Å². The van der Waals surface area contributed by atoms with Crippen LogP contribution in [-0.4, -0.2) is 22.6 Å². The van der Waals surface area contributed by atoms with Crippen LogP contribution in [0.2, 0.25) is 0 Å². The Morgan fingerprint density at radius 2 is 1.64 bits per heavy atom. The molecule has 0 amide bonds. The molecule has 128 valence electrons. The molecule has 2 aliphatic heterocycles. The van der Waals surface area contributed by atoms with Crippen LogP contribution in [0.25, 0.3) is 0 Å². The lowest BCUT2D eigenvalue weighted by molar-refractivity contribution is 0.414. The summed E-state index contributed by atoms with van der Waals surface area (Å²) in [6.45, 7) is 2.07. The van der Waals surface area contributed by atoms with Crippen molar-refractivity contribution in [2.24, 2.45) is 9.98 Å². The molecule has 1 unspecified atom stereocenters. The fraction of sp³-hybridized carbons (Fsp3) is 0.118. The third kappa shape index (κ3) is 3.86. The van der Waals surface area contributed by atoms with E-state index in [0.717, 1.165) is 27.5 Å². The van der Waals surface area contributed by atoms with E-state index < -0.39 is 0 Å². The van der Waals surface area contributed by atoms with Crippen molar-refractivity contribution < 1.29 is 9.47 Å². The van der Waals surface area contributed by atoms with Crippen molar-refractivity contribution >= 4 is 51.3 Å². The van der Waals surface area contributed by atoms with Crippen molar-refractivity contribution in [3.05, 3.63) is 54.1 Å². The summed E-state index contributed by atoms with van der Waals surface area (Å²) >= 11 is 0. The number of ether oxygens (including phenoxy) is 2. The summed E-state index contributed by atoms with van der Waals surface area (Å²) in [7, 11) is 4.76. The van der Waals surface area contributed by atoms with Gasteiger partial charge in [-0.15, -0.1) is 0 Å². The highest BCUT2D eigenvalue weighted by Gasteiger charge is 2.27. The highest BCUT2D eigenvalue weighted by atomic mass is 33.5. The van der Waals surface area contributed by atoms with Crippen LogP contribution in [0.15, 0.2) is 58.5 Å². The zero-order valence-electron chi connectivity index (χ0n) is 13.6. The Morgan fingerprint density at radius 3 is 2.32 bits per heavy atom. The summed E-state index contributed by atoms with van der Waals surface area (Å²) < 4.78 is 11.0. The fourth-order valence-electron chi connectivity index (χ4n) is 2.12. The van der Waals surface area contributed by atoms with Gasteiger partial charge in [0.05, 0.1) is 7.11 Å². The molecule has 25 heavy (non-hydrogen) atoms. The molecule has 0 saturated heterocycles. The number of hydrogen-bond donors (Lipinski definition) is 1. The summed E-state index contributed by atoms with van der Waals surface area (Å²) in [5.41, 5.74) is 2.27. The van der Waals surface area contributed by atoms with Gasteiger partial charge < -0.3 is 14.8 Å². The SMILES string of the molecule is COc1ccc(OC2=NC3=S(SC(Nc4ccc(C)cc4)=N3)S2)cc1. The standard InChI is InChI=1S/C17H15N3O2S3/c1-11-3-5-12(6-4-11)18-15-19-16-20-17(24-25(16)23-15)22-14-9-7-13(21-2)8-10-14/h3-10H,1-2H3,(H,18,19). The van der Waals surface area contributed by atoms with Crippen molar-refractivity contribution in [2.75, 3.05) is 12.4 Å². The molecular formula is C17H15N3O2S3. The van der Waals surface area contributed by atoms with E-state index in [2.05, 4.69) is 46.5 Å². The predicted molar refractivity (Wildman–Crippen MR) is 111 cm³/mol. The second-order valence-corrected chi connectivity index (χ2v) is 10.8. The normalized spacial score (nSPS) is 18.5. The van der Waals surface area contributed by atoms with Gasteiger partial charge in [-0.05, 0) is 62.7 Å². The van der Waals surface area contributed by atoms with Crippen molar-refractivity contribution in [2.45, 2.75) is 6.92 Å². The van der Waals surface area contributed by atoms with Crippen molar-refractivity contribution in [3.63, 3.8) is 0 Å². The maximum absolute atomic E-state index is 5.82. The monoisotopic (exact) mass is 389 g/mol. The first-order valence-corrected chi connectivity index (χ1v) is 11.4. The second-order valence-electron chi connectivity index (χ2n) is 5.25. The van der Waals surface area contributed by atoms with E-state index in [9.17, 15) is 0 Å². The van der Waals surface area contributed by atoms with E-state index >= 15 is 0 Å². The minimum Gasteiger partial charge on any atom is -0.497 e. The molecule has 1 N–H and O–H groups in total. The number of amidine groups is 1. The number of benzene rings is 2. The van der Waals surface area contributed by atoms with Crippen LogP contribution in [0, 0.1) is 6.92 Å². The molecular weight excluding hydrogens is 374 g/mol. The van der Waals surface area contributed by atoms with Crippen LogP contribution in [0.1, 0.15) is 5.56 Å². The number of rotatable bonds is 3. The first kappa shape index (κ1) is 16.6. The highest BCUT2D eigenvalue weighted by molar-refractivity contribution is 9.21. The topological polar surface area (TPSA) is 55.2 Å². The Kier molecular flexibility index (Phi) is 4.74. The zero-order valence-corrected chi connectivity index (χ0v) is 16.0. The number of anilines is 1. The van der Waals surface area contributed by atoms with E-state index in [1.165, 1.54) is 5.56 Å². The lowest BCUT2D eigenvalue weighted by atomic mass is 10.2. The van der Waals surface area contributed by atoms with Gasteiger partial charge in [-0.25, -0.2) is 0 Å². The number of methoxy groups -OCH3 is 1. The quantitative estimate of drug-likeness (QED) is 0.598. The number of nitrogens with one attached hydrogen (secondary N) is 1. The molecule has 1 atom stereocenters. The molecule has 0 fully saturated rings. The lowest BCUT2D eigenvalue weighted by Gasteiger charge is -2.08. The summed E-state index contributed by atoms with van der Waals surface area (Å²) in [6.07, 6.45) is 0. The minimum atomic E-state index is -0.155. The number of aliphatic imine (C=N–C) groups is 2. The van der Waals surface area contributed by atoms with Gasteiger partial charge in [0.1, 0.15) is 11.5 Å². The van der Waals surface area contributed by atoms with Crippen LogP contribution >= 0.6 is 30.1 Å². The van der Waals surface area contributed by atoms with Gasteiger partial charge in [-0.2, -0.15) is 9.98 Å². The van der Waals surface area contributed by atoms with Gasteiger partial charge in [-0.1, -0.05) is 17.7 Å². The Morgan fingerprint density at radius 1 is 0.920 bits per heavy atom. The van der Waals surface area contributed by atoms with E-state index in [0.29, 0.717) is 5.23 Å². The summed E-state index contributed by atoms with van der Waals surface area (Å²) in [5.74, 6) is 1.54. The number of nitrogens with zero attached hydrogens (tertiary/aromatic N) is 2. The molecule has 2 aromatic carbocycles. The number of hydrogen-bond acceptors (Lipinski definition) is 7. The van der Waals surface area contributed by atoms with E-state index in [-0.39, 0.29) is 8.55 Å². The average Bonchev–Trinajstić information content (AvgIpc) is 3.15. The molecule has 0 aromatic heterocycles. The number of aryl methyl sites for hydroxylation is 1. The van der Waals surface area contributed by atoms with Gasteiger partial charge >= 0.3 is 0 Å². The van der Waals surface area contributed by atoms with Crippen LogP contribution in [0.5, 0.6) is 11.5 Å². The van der Waals surface area contributed by atoms with Gasteiger partial charge in [-0.3, -0.25) is 0 Å². The van der Waals surface area contributed by atoms with Crippen molar-refractivity contribution in [1.29, 1.82) is 0 Å². The maximum atomic E-state index is 5.82. The summed E-state index contributed by atoms with van der Waals surface area (Å²) in [6, 6.07) is 15.7. The smallest absolute Gasteiger partial charge is 0.269 e. The molecule has 0 spiro atoms. The van der Waals surface area contributed by atoms with Gasteiger partial charge in [0.2, 0.25) is 5.11 Å². The lowest BCUT2D eigenvalue weighted by Crippen LogP contribution is -2.07. The third-order valence-electron chi connectivity index (χ3n) is 3.40. The fourth-order valence-corrected chi connectivity index (χ4v) is 7.23. The predicted octanol–water partition coefficient (Wildman–Crippen LogP) is 4.89. The maximum Gasteiger partial charge on any atom is 0.269 e. The largest absolute Gasteiger partial charge is 0.497 e. The average molecular weight is 390 g/mol. The molecule has 0 aliphatic carbocycles.